The number of hydrogen-bond acceptors (Lipinski definition) is 2. The minimum Gasteiger partial charge on any atom is -0.339 e. The number of piperidine rings is 1. The van der Waals surface area contributed by atoms with Crippen molar-refractivity contribution in [1.82, 2.24) is 4.90 Å². The zero-order chi connectivity index (χ0) is 13.1. The van der Waals surface area contributed by atoms with Gasteiger partial charge in [-0.1, -0.05) is 23.2 Å². The molecule has 0 spiro atoms. The standard InChI is InChI=1S/C13H16Cl2N2O/c14-10-1-2-12(15)11(7-10)13(18)17-5-3-9(8-16)4-6-17/h1-2,7,9H,3-6,8,16H2. The molecule has 1 amide bonds. The molecule has 0 aliphatic carbocycles. The van der Waals surface area contributed by atoms with Crippen LogP contribution in [0.1, 0.15) is 23.2 Å². The Kier molecular flexibility index (Phi) is 4.49. The van der Waals surface area contributed by atoms with Crippen molar-refractivity contribution in [1.29, 1.82) is 0 Å². The Hall–Kier alpha value is -0.770. The van der Waals surface area contributed by atoms with Crippen LogP contribution in [0.4, 0.5) is 0 Å². The van der Waals surface area contributed by atoms with Gasteiger partial charge >= 0.3 is 0 Å². The third-order valence-corrected chi connectivity index (χ3v) is 3.96. The van der Waals surface area contributed by atoms with Crippen molar-refractivity contribution in [2.75, 3.05) is 19.6 Å². The largest absolute Gasteiger partial charge is 0.339 e. The lowest BCUT2D eigenvalue weighted by molar-refractivity contribution is 0.0693. The molecule has 1 aromatic rings. The third-order valence-electron chi connectivity index (χ3n) is 3.39. The first kappa shape index (κ1) is 13.7. The Morgan fingerprint density at radius 3 is 2.61 bits per heavy atom. The molecule has 1 aliphatic heterocycles. The van der Waals surface area contributed by atoms with Gasteiger partial charge in [0.25, 0.3) is 5.91 Å². The number of carbonyl (C=O) groups excluding carboxylic acids is 1. The van der Waals surface area contributed by atoms with E-state index in [9.17, 15) is 4.79 Å². The fourth-order valence-electron chi connectivity index (χ4n) is 2.20. The second kappa shape index (κ2) is 5.91. The van der Waals surface area contributed by atoms with E-state index in [1.54, 1.807) is 18.2 Å². The summed E-state index contributed by atoms with van der Waals surface area (Å²) >= 11 is 11.9. The van der Waals surface area contributed by atoms with E-state index in [0.717, 1.165) is 25.9 Å². The minimum atomic E-state index is -0.0435. The van der Waals surface area contributed by atoms with Gasteiger partial charge in [0.15, 0.2) is 0 Å². The molecule has 1 saturated heterocycles. The van der Waals surface area contributed by atoms with Crippen molar-refractivity contribution >= 4 is 29.1 Å². The number of hydrogen-bond donors (Lipinski definition) is 1. The van der Waals surface area contributed by atoms with Crippen LogP contribution in [-0.2, 0) is 0 Å². The Morgan fingerprint density at radius 1 is 1.33 bits per heavy atom. The normalized spacial score (nSPS) is 16.9. The first-order valence-electron chi connectivity index (χ1n) is 6.06. The zero-order valence-electron chi connectivity index (χ0n) is 10.0. The summed E-state index contributed by atoms with van der Waals surface area (Å²) in [7, 11) is 0. The molecule has 3 nitrogen and oxygen atoms in total. The lowest BCUT2D eigenvalue weighted by Crippen LogP contribution is -2.40. The maximum Gasteiger partial charge on any atom is 0.255 e. The molecule has 0 aromatic heterocycles. The van der Waals surface area contributed by atoms with E-state index in [4.69, 9.17) is 28.9 Å². The van der Waals surface area contributed by atoms with Crippen molar-refractivity contribution in [3.8, 4) is 0 Å². The van der Waals surface area contributed by atoms with Crippen LogP contribution < -0.4 is 5.73 Å². The van der Waals surface area contributed by atoms with E-state index in [1.165, 1.54) is 0 Å². The fraction of sp³-hybridized carbons (Fsp3) is 0.462. The quantitative estimate of drug-likeness (QED) is 0.909. The first-order valence-corrected chi connectivity index (χ1v) is 6.82. The number of carbonyl (C=O) groups is 1. The molecule has 1 heterocycles. The first-order chi connectivity index (χ1) is 8.61. The highest BCUT2D eigenvalue weighted by Gasteiger charge is 2.24. The average molecular weight is 287 g/mol. The molecule has 1 aromatic carbocycles. The summed E-state index contributed by atoms with van der Waals surface area (Å²) in [6, 6.07) is 4.96. The molecular formula is C13H16Cl2N2O. The molecule has 98 valence electrons. The second-order valence-electron chi connectivity index (χ2n) is 4.60. The predicted molar refractivity (Wildman–Crippen MR) is 74.1 cm³/mol. The molecule has 1 fully saturated rings. The highest BCUT2D eigenvalue weighted by molar-refractivity contribution is 6.35. The Bertz CT molecular complexity index is 443. The summed E-state index contributed by atoms with van der Waals surface area (Å²) in [6.45, 7) is 2.17. The van der Waals surface area contributed by atoms with E-state index in [-0.39, 0.29) is 5.91 Å². The summed E-state index contributed by atoms with van der Waals surface area (Å²) in [5.74, 6) is 0.488. The van der Waals surface area contributed by atoms with Gasteiger partial charge in [0.2, 0.25) is 0 Å². The number of nitrogens with two attached hydrogens (primary N) is 1. The molecule has 2 N–H and O–H groups in total. The van der Waals surface area contributed by atoms with Gasteiger partial charge in [0.1, 0.15) is 0 Å². The zero-order valence-corrected chi connectivity index (χ0v) is 11.5. The lowest BCUT2D eigenvalue weighted by Gasteiger charge is -2.31. The molecule has 18 heavy (non-hydrogen) atoms. The van der Waals surface area contributed by atoms with Gasteiger partial charge in [-0.15, -0.1) is 0 Å². The molecular weight excluding hydrogens is 271 g/mol. The van der Waals surface area contributed by atoms with Crippen molar-refractivity contribution < 1.29 is 4.79 Å². The molecule has 0 saturated carbocycles. The van der Waals surface area contributed by atoms with E-state index in [2.05, 4.69) is 0 Å². The monoisotopic (exact) mass is 286 g/mol. The van der Waals surface area contributed by atoms with Gasteiger partial charge in [-0.05, 0) is 43.5 Å². The summed E-state index contributed by atoms with van der Waals surface area (Å²) in [5.41, 5.74) is 6.12. The summed E-state index contributed by atoms with van der Waals surface area (Å²) in [5, 5.41) is 0.977. The van der Waals surface area contributed by atoms with Crippen LogP contribution in [0, 0.1) is 5.92 Å². The smallest absolute Gasteiger partial charge is 0.255 e. The Balaban J connectivity index is 2.10. The maximum absolute atomic E-state index is 12.3. The number of rotatable bonds is 2. The van der Waals surface area contributed by atoms with Gasteiger partial charge < -0.3 is 10.6 Å². The average Bonchev–Trinajstić information content (AvgIpc) is 2.41. The van der Waals surface area contributed by atoms with Crippen LogP contribution in [0.2, 0.25) is 10.0 Å². The van der Waals surface area contributed by atoms with Crippen molar-refractivity contribution in [3.05, 3.63) is 33.8 Å². The van der Waals surface area contributed by atoms with E-state index < -0.39 is 0 Å². The van der Waals surface area contributed by atoms with Crippen LogP contribution in [0.15, 0.2) is 18.2 Å². The molecule has 0 atom stereocenters. The van der Waals surface area contributed by atoms with E-state index in [0.29, 0.717) is 28.1 Å². The van der Waals surface area contributed by atoms with Gasteiger partial charge in [-0.2, -0.15) is 0 Å². The summed E-state index contributed by atoms with van der Waals surface area (Å²) in [6.07, 6.45) is 1.92. The SMILES string of the molecule is NCC1CCN(C(=O)c2cc(Cl)ccc2Cl)CC1. The number of halogens is 2. The maximum atomic E-state index is 12.3. The lowest BCUT2D eigenvalue weighted by atomic mass is 9.96. The van der Waals surface area contributed by atoms with Gasteiger partial charge in [0.05, 0.1) is 10.6 Å². The Morgan fingerprint density at radius 2 is 2.00 bits per heavy atom. The molecule has 0 unspecified atom stereocenters. The van der Waals surface area contributed by atoms with Gasteiger partial charge in [-0.25, -0.2) is 0 Å². The number of likely N-dealkylation sites (tertiary alicyclic amines) is 1. The molecule has 1 aliphatic rings. The van der Waals surface area contributed by atoms with Crippen LogP contribution >= 0.6 is 23.2 Å². The van der Waals surface area contributed by atoms with Crippen molar-refractivity contribution in [2.45, 2.75) is 12.8 Å². The number of benzene rings is 1. The Labute approximate surface area is 117 Å². The molecule has 0 bridgehead atoms. The second-order valence-corrected chi connectivity index (χ2v) is 5.44. The van der Waals surface area contributed by atoms with Crippen LogP contribution in [0.5, 0.6) is 0 Å². The van der Waals surface area contributed by atoms with Crippen molar-refractivity contribution in [2.24, 2.45) is 11.7 Å². The van der Waals surface area contributed by atoms with Crippen LogP contribution in [-0.4, -0.2) is 30.4 Å². The van der Waals surface area contributed by atoms with Gasteiger partial charge in [-0.3, -0.25) is 4.79 Å². The van der Waals surface area contributed by atoms with Crippen LogP contribution in [0.3, 0.4) is 0 Å². The van der Waals surface area contributed by atoms with Gasteiger partial charge in [0, 0.05) is 18.1 Å². The summed E-state index contributed by atoms with van der Waals surface area (Å²) < 4.78 is 0. The van der Waals surface area contributed by atoms with Crippen molar-refractivity contribution in [3.63, 3.8) is 0 Å². The number of amides is 1. The topological polar surface area (TPSA) is 46.3 Å². The summed E-state index contributed by atoms with van der Waals surface area (Å²) in [4.78, 5) is 14.1. The van der Waals surface area contributed by atoms with E-state index >= 15 is 0 Å². The van der Waals surface area contributed by atoms with E-state index in [1.807, 2.05) is 4.90 Å². The predicted octanol–water partition coefficient (Wildman–Crippen LogP) is 2.80. The third kappa shape index (κ3) is 2.97. The fourth-order valence-corrected chi connectivity index (χ4v) is 2.57. The molecule has 0 radical (unpaired) electrons. The minimum absolute atomic E-state index is 0.0435. The molecule has 5 heteroatoms. The highest BCUT2D eigenvalue weighted by atomic mass is 35.5. The molecule has 2 rings (SSSR count). The highest BCUT2D eigenvalue weighted by Crippen LogP contribution is 2.24. The van der Waals surface area contributed by atoms with Crippen LogP contribution in [0.25, 0.3) is 0 Å². The number of nitrogens with zero attached hydrogens (tertiary/aromatic N) is 1.